The van der Waals surface area contributed by atoms with Crippen LogP contribution < -0.4 is 0 Å². The molecule has 4 N–H and O–H groups in total. The molecule has 1 aliphatic rings. The van der Waals surface area contributed by atoms with Crippen molar-refractivity contribution >= 4 is 11.9 Å². The summed E-state index contributed by atoms with van der Waals surface area (Å²) in [6, 6.07) is 0.0799. The number of hydrogen-bond donors (Lipinski definition) is 2. The Morgan fingerprint density at radius 1 is 1.12 bits per heavy atom. The summed E-state index contributed by atoms with van der Waals surface area (Å²) in [6.45, 7) is 0.466. The van der Waals surface area contributed by atoms with E-state index in [0.29, 0.717) is 12.5 Å². The second-order valence-corrected chi connectivity index (χ2v) is 3.82. The van der Waals surface area contributed by atoms with E-state index >= 15 is 0 Å². The molecule has 0 aliphatic heterocycles. The smallest absolute Gasteiger partial charge is 0.677 e. The quantitative estimate of drug-likeness (QED) is 0.673. The minimum Gasteiger partial charge on any atom is -0.677 e. The van der Waals surface area contributed by atoms with Crippen LogP contribution in [0.2, 0.25) is 0 Å². The average molecular weight is 425 g/mol. The number of nitrogens with one attached hydrogen (secondary N) is 2. The zero-order valence-corrected chi connectivity index (χ0v) is 11.7. The van der Waals surface area contributed by atoms with Gasteiger partial charge >= 0.3 is 33.0 Å². The van der Waals surface area contributed by atoms with E-state index < -0.39 is 18.4 Å². The molecule has 6 nitrogen and oxygen atoms in total. The number of carboxylic acid groups (broad SMARTS) is 2. The molecule has 0 bridgehead atoms. The molecule has 102 valence electrons. The Balaban J connectivity index is 0. The molecule has 0 radical (unpaired) electrons. The zero-order chi connectivity index (χ0) is 12.6. The van der Waals surface area contributed by atoms with Crippen LogP contribution in [0.1, 0.15) is 32.1 Å². The van der Waals surface area contributed by atoms with Gasteiger partial charge in [0, 0.05) is 0 Å². The molecular formula is C10H18N2O4Pt. The fourth-order valence-corrected chi connectivity index (χ4v) is 1.58. The van der Waals surface area contributed by atoms with Gasteiger partial charge < -0.3 is 21.7 Å². The van der Waals surface area contributed by atoms with Crippen LogP contribution in [0.15, 0.2) is 0 Å². The summed E-state index contributed by atoms with van der Waals surface area (Å²) in [5.74, 6) is -2.24. The first-order valence-corrected chi connectivity index (χ1v) is 5.26. The Labute approximate surface area is 115 Å². The minimum atomic E-state index is -1.31. The maximum Gasteiger partial charge on any atom is 2.00 e. The summed E-state index contributed by atoms with van der Waals surface area (Å²) < 4.78 is 0. The van der Waals surface area contributed by atoms with Gasteiger partial charge in [0.1, 0.15) is 6.42 Å². The van der Waals surface area contributed by atoms with Crippen LogP contribution >= 0.6 is 0 Å². The van der Waals surface area contributed by atoms with E-state index in [9.17, 15) is 9.59 Å². The first kappa shape index (κ1) is 18.9. The first-order chi connectivity index (χ1) is 7.47. The van der Waals surface area contributed by atoms with Gasteiger partial charge in [-0.15, -0.1) is 12.6 Å². The first-order valence-electron chi connectivity index (χ1n) is 5.26. The van der Waals surface area contributed by atoms with Crippen LogP contribution in [0.5, 0.6) is 0 Å². The normalized spacial score (nSPS) is 22.7. The Morgan fingerprint density at radius 3 is 1.82 bits per heavy atom. The van der Waals surface area contributed by atoms with Crippen molar-refractivity contribution in [1.29, 1.82) is 0 Å². The second-order valence-electron chi connectivity index (χ2n) is 3.82. The van der Waals surface area contributed by atoms with E-state index in [1.165, 1.54) is 12.8 Å². The van der Waals surface area contributed by atoms with Crippen molar-refractivity contribution < 1.29 is 40.9 Å². The summed E-state index contributed by atoms with van der Waals surface area (Å²) in [4.78, 5) is 18.9. The second kappa shape index (κ2) is 10.7. The molecule has 0 heterocycles. The van der Waals surface area contributed by atoms with E-state index in [4.69, 9.17) is 21.7 Å². The number of rotatable bonds is 3. The van der Waals surface area contributed by atoms with Crippen LogP contribution in [0, 0.1) is 5.92 Å². The largest absolute Gasteiger partial charge is 2.00 e. The van der Waals surface area contributed by atoms with Crippen molar-refractivity contribution in [3.8, 4) is 0 Å². The predicted molar refractivity (Wildman–Crippen MR) is 59.1 cm³/mol. The topological polar surface area (TPSA) is 122 Å². The summed E-state index contributed by atoms with van der Waals surface area (Å²) >= 11 is 0. The van der Waals surface area contributed by atoms with Crippen molar-refractivity contribution in [3.05, 3.63) is 11.5 Å². The number of aliphatic carboxylic acids is 2. The summed E-state index contributed by atoms with van der Waals surface area (Å²) in [6.07, 6.45) is 3.81. The molecule has 0 aromatic carbocycles. The fourth-order valence-electron chi connectivity index (χ4n) is 1.58. The zero-order valence-electron chi connectivity index (χ0n) is 9.42. The van der Waals surface area contributed by atoms with Gasteiger partial charge in [0.25, 0.3) is 0 Å². The molecule has 1 aliphatic carbocycles. The monoisotopic (exact) mass is 425 g/mol. The number of carboxylic acids is 2. The van der Waals surface area contributed by atoms with E-state index in [1.54, 1.807) is 0 Å². The van der Waals surface area contributed by atoms with E-state index in [-0.39, 0.29) is 27.1 Å². The van der Waals surface area contributed by atoms with Crippen LogP contribution in [-0.2, 0) is 30.7 Å². The van der Waals surface area contributed by atoms with Crippen LogP contribution in [-0.4, -0.2) is 34.7 Å². The molecule has 0 amide bonds. The van der Waals surface area contributed by atoms with Crippen molar-refractivity contribution in [1.82, 2.24) is 0 Å². The molecule has 1 saturated carbocycles. The van der Waals surface area contributed by atoms with Gasteiger partial charge in [0.2, 0.25) is 0 Å². The predicted octanol–water partition coefficient (Wildman–Crippen LogP) is 2.19. The van der Waals surface area contributed by atoms with Gasteiger partial charge in [-0.25, -0.2) is 0 Å². The minimum absolute atomic E-state index is 0. The summed E-state index contributed by atoms with van der Waals surface area (Å²) in [5, 5.41) is 15.4. The van der Waals surface area contributed by atoms with Crippen molar-refractivity contribution in [2.75, 3.05) is 6.54 Å². The van der Waals surface area contributed by atoms with Gasteiger partial charge in [-0.3, -0.25) is 9.59 Å². The van der Waals surface area contributed by atoms with Gasteiger partial charge in [-0.1, -0.05) is 31.6 Å². The standard InChI is InChI=1S/C7H14N2.C3H4O4.Pt/c8-5-6-3-1-2-4-7(6)9;4-2(5)1-3(6)7;/h6-9H,1-5H2;1H2,(H,4,5)(H,6,7);/q-2;;+2. The molecule has 0 saturated heterocycles. The van der Waals surface area contributed by atoms with Crippen LogP contribution in [0.25, 0.3) is 11.5 Å². The third kappa shape index (κ3) is 10.4. The van der Waals surface area contributed by atoms with Gasteiger partial charge in [0.05, 0.1) is 0 Å². The molecule has 1 rings (SSSR count). The van der Waals surface area contributed by atoms with Crippen molar-refractivity contribution in [3.63, 3.8) is 0 Å². The van der Waals surface area contributed by atoms with E-state index in [0.717, 1.165) is 12.8 Å². The van der Waals surface area contributed by atoms with Gasteiger partial charge in [-0.2, -0.15) is 0 Å². The Bertz CT molecular complexity index is 226. The SMILES string of the molecule is O=C(O)CC(=O)O.[NH-]CC1CCCCC1[NH-].[Pt+2]. The molecule has 0 aromatic rings. The molecule has 17 heavy (non-hydrogen) atoms. The molecule has 0 spiro atoms. The van der Waals surface area contributed by atoms with Crippen LogP contribution in [0.4, 0.5) is 0 Å². The van der Waals surface area contributed by atoms with E-state index in [2.05, 4.69) is 0 Å². The molecule has 2 atom stereocenters. The Hall–Kier alpha value is -0.452. The molecular weight excluding hydrogens is 407 g/mol. The van der Waals surface area contributed by atoms with Gasteiger partial charge in [-0.05, 0) is 0 Å². The summed E-state index contributed by atoms with van der Waals surface area (Å²) in [7, 11) is 0. The number of carbonyl (C=O) groups is 2. The van der Waals surface area contributed by atoms with Gasteiger partial charge in [0.15, 0.2) is 0 Å². The average Bonchev–Trinajstić information content (AvgIpc) is 2.17. The molecule has 1 fully saturated rings. The maximum atomic E-state index is 9.43. The number of hydrogen-bond acceptors (Lipinski definition) is 2. The van der Waals surface area contributed by atoms with E-state index in [1.807, 2.05) is 0 Å². The van der Waals surface area contributed by atoms with Crippen LogP contribution in [0.3, 0.4) is 0 Å². The third-order valence-electron chi connectivity index (χ3n) is 2.47. The third-order valence-corrected chi connectivity index (χ3v) is 2.47. The fraction of sp³-hybridized carbons (Fsp3) is 0.800. The Kier molecular flexibility index (Phi) is 11.9. The molecule has 7 heteroatoms. The maximum absolute atomic E-state index is 9.43. The van der Waals surface area contributed by atoms with Crippen molar-refractivity contribution in [2.45, 2.75) is 38.1 Å². The Morgan fingerprint density at radius 2 is 1.59 bits per heavy atom. The van der Waals surface area contributed by atoms with Crippen molar-refractivity contribution in [2.24, 2.45) is 5.92 Å². The summed E-state index contributed by atoms with van der Waals surface area (Å²) in [5.41, 5.74) is 14.6. The molecule has 2 unspecified atom stereocenters. The molecule has 0 aromatic heterocycles.